The average molecular weight is 277 g/mol. The van der Waals surface area contributed by atoms with Gasteiger partial charge >= 0.3 is 0 Å². The molecule has 19 heavy (non-hydrogen) atoms. The average Bonchev–Trinajstić information content (AvgIpc) is 2.44. The molecule has 0 aliphatic rings. The number of amides is 1. The van der Waals surface area contributed by atoms with Crippen molar-refractivity contribution in [3.63, 3.8) is 0 Å². The molecule has 0 aliphatic carbocycles. The van der Waals surface area contributed by atoms with E-state index in [1.807, 2.05) is 31.2 Å². The maximum atomic E-state index is 12.3. The molecule has 0 fully saturated rings. The van der Waals surface area contributed by atoms with E-state index in [0.29, 0.717) is 11.4 Å². The zero-order valence-corrected chi connectivity index (χ0v) is 11.7. The second kappa shape index (κ2) is 6.53. The van der Waals surface area contributed by atoms with Crippen molar-refractivity contribution < 1.29 is 4.79 Å². The first-order valence-electron chi connectivity index (χ1n) is 6.43. The van der Waals surface area contributed by atoms with Gasteiger partial charge in [-0.1, -0.05) is 18.2 Å². The fourth-order valence-electron chi connectivity index (χ4n) is 2.05. The van der Waals surface area contributed by atoms with Gasteiger partial charge in [-0.3, -0.25) is 9.78 Å². The largest absolute Gasteiger partial charge is 0.350 e. The summed E-state index contributed by atoms with van der Waals surface area (Å²) in [4.78, 5) is 16.5. The van der Waals surface area contributed by atoms with Crippen LogP contribution < -0.4 is 5.32 Å². The first-order chi connectivity index (χ1) is 9.22. The van der Waals surface area contributed by atoms with Gasteiger partial charge < -0.3 is 5.32 Å². The van der Waals surface area contributed by atoms with Gasteiger partial charge in [-0.15, -0.1) is 11.6 Å². The van der Waals surface area contributed by atoms with Crippen molar-refractivity contribution in [2.45, 2.75) is 25.8 Å². The molecule has 1 unspecified atom stereocenters. The highest BCUT2D eigenvalue weighted by atomic mass is 35.5. The van der Waals surface area contributed by atoms with E-state index in [1.54, 1.807) is 12.3 Å². The van der Waals surface area contributed by atoms with E-state index in [4.69, 9.17) is 11.6 Å². The number of benzene rings is 1. The number of hydrogen-bond acceptors (Lipinski definition) is 2. The van der Waals surface area contributed by atoms with Gasteiger partial charge in [-0.05, 0) is 31.9 Å². The van der Waals surface area contributed by atoms with Crippen molar-refractivity contribution in [1.82, 2.24) is 10.3 Å². The number of nitrogens with one attached hydrogen (secondary N) is 1. The third-order valence-corrected chi connectivity index (χ3v) is 3.31. The molecule has 1 aromatic carbocycles. The van der Waals surface area contributed by atoms with E-state index in [-0.39, 0.29) is 11.9 Å². The van der Waals surface area contributed by atoms with Gasteiger partial charge in [0.25, 0.3) is 5.91 Å². The van der Waals surface area contributed by atoms with Gasteiger partial charge in [-0.25, -0.2) is 0 Å². The lowest BCUT2D eigenvalue weighted by Gasteiger charge is -2.14. The summed E-state index contributed by atoms with van der Waals surface area (Å²) in [5.41, 5.74) is 1.51. The van der Waals surface area contributed by atoms with Crippen molar-refractivity contribution in [1.29, 1.82) is 0 Å². The van der Waals surface area contributed by atoms with Crippen LogP contribution in [0.4, 0.5) is 0 Å². The van der Waals surface area contributed by atoms with Crippen LogP contribution in [-0.4, -0.2) is 22.8 Å². The molecular formula is C15H17ClN2O. The Morgan fingerprint density at radius 3 is 2.95 bits per heavy atom. The SMILES string of the molecule is CC(CCCCl)NC(=O)c1ccnc2ccccc12. The Balaban J connectivity index is 2.17. The molecule has 0 aliphatic heterocycles. The summed E-state index contributed by atoms with van der Waals surface area (Å²) >= 11 is 5.66. The van der Waals surface area contributed by atoms with Crippen molar-refractivity contribution in [2.75, 3.05) is 5.88 Å². The third kappa shape index (κ3) is 3.44. The summed E-state index contributed by atoms with van der Waals surface area (Å²) < 4.78 is 0. The predicted octanol–water partition coefficient (Wildman–Crippen LogP) is 3.37. The number of pyridine rings is 1. The lowest BCUT2D eigenvalue weighted by molar-refractivity contribution is 0.0940. The number of carbonyl (C=O) groups is 1. The Morgan fingerprint density at radius 1 is 1.37 bits per heavy atom. The second-order valence-corrected chi connectivity index (χ2v) is 4.96. The molecule has 0 spiro atoms. The number of alkyl halides is 1. The lowest BCUT2D eigenvalue weighted by atomic mass is 10.1. The predicted molar refractivity (Wildman–Crippen MR) is 78.6 cm³/mol. The van der Waals surface area contributed by atoms with Crippen molar-refractivity contribution >= 4 is 28.4 Å². The Morgan fingerprint density at radius 2 is 2.16 bits per heavy atom. The molecule has 1 aromatic heterocycles. The molecule has 100 valence electrons. The van der Waals surface area contributed by atoms with E-state index in [0.717, 1.165) is 23.7 Å². The molecular weight excluding hydrogens is 260 g/mol. The van der Waals surface area contributed by atoms with Gasteiger partial charge in [0.2, 0.25) is 0 Å². The smallest absolute Gasteiger partial charge is 0.252 e. The van der Waals surface area contributed by atoms with Crippen LogP contribution in [0.15, 0.2) is 36.5 Å². The molecule has 3 nitrogen and oxygen atoms in total. The molecule has 4 heteroatoms. The van der Waals surface area contributed by atoms with Crippen LogP contribution in [0.5, 0.6) is 0 Å². The van der Waals surface area contributed by atoms with Crippen LogP contribution in [0, 0.1) is 0 Å². The topological polar surface area (TPSA) is 42.0 Å². The van der Waals surface area contributed by atoms with E-state index in [1.165, 1.54) is 0 Å². The Kier molecular flexibility index (Phi) is 4.74. The number of para-hydroxylation sites is 1. The van der Waals surface area contributed by atoms with Crippen LogP contribution in [0.25, 0.3) is 10.9 Å². The minimum absolute atomic E-state index is 0.0549. The highest BCUT2D eigenvalue weighted by Gasteiger charge is 2.12. The van der Waals surface area contributed by atoms with E-state index < -0.39 is 0 Å². The minimum Gasteiger partial charge on any atom is -0.350 e. The Bertz CT molecular complexity index is 566. The lowest BCUT2D eigenvalue weighted by Crippen LogP contribution is -2.32. The van der Waals surface area contributed by atoms with Crippen molar-refractivity contribution in [2.24, 2.45) is 0 Å². The monoisotopic (exact) mass is 276 g/mol. The normalized spacial score (nSPS) is 12.3. The zero-order chi connectivity index (χ0) is 13.7. The van der Waals surface area contributed by atoms with Crippen molar-refractivity contribution in [3.05, 3.63) is 42.1 Å². The Labute approximate surface area is 118 Å². The highest BCUT2D eigenvalue weighted by molar-refractivity contribution is 6.17. The number of halogens is 1. The molecule has 0 saturated carbocycles. The van der Waals surface area contributed by atoms with Gasteiger partial charge in [-0.2, -0.15) is 0 Å². The van der Waals surface area contributed by atoms with E-state index in [2.05, 4.69) is 10.3 Å². The summed E-state index contributed by atoms with van der Waals surface area (Å²) in [6.07, 6.45) is 3.46. The van der Waals surface area contributed by atoms with Crippen LogP contribution in [-0.2, 0) is 0 Å². The summed E-state index contributed by atoms with van der Waals surface area (Å²) in [5, 5.41) is 3.88. The zero-order valence-electron chi connectivity index (χ0n) is 10.9. The maximum absolute atomic E-state index is 12.3. The molecule has 0 bridgehead atoms. The number of aromatic nitrogens is 1. The number of nitrogens with zero attached hydrogens (tertiary/aromatic N) is 1. The van der Waals surface area contributed by atoms with Crippen LogP contribution in [0.1, 0.15) is 30.1 Å². The van der Waals surface area contributed by atoms with Gasteiger partial charge in [0.1, 0.15) is 0 Å². The second-order valence-electron chi connectivity index (χ2n) is 4.58. The third-order valence-electron chi connectivity index (χ3n) is 3.04. The summed E-state index contributed by atoms with van der Waals surface area (Å²) in [7, 11) is 0. The summed E-state index contributed by atoms with van der Waals surface area (Å²) in [5.74, 6) is 0.568. The van der Waals surface area contributed by atoms with Gasteiger partial charge in [0.15, 0.2) is 0 Å². The number of hydrogen-bond donors (Lipinski definition) is 1. The van der Waals surface area contributed by atoms with Gasteiger partial charge in [0, 0.05) is 23.5 Å². The molecule has 1 heterocycles. The molecule has 1 atom stereocenters. The minimum atomic E-state index is -0.0549. The maximum Gasteiger partial charge on any atom is 0.252 e. The molecule has 2 aromatic rings. The first kappa shape index (κ1) is 13.8. The van der Waals surface area contributed by atoms with Crippen LogP contribution in [0.3, 0.4) is 0 Å². The van der Waals surface area contributed by atoms with E-state index in [9.17, 15) is 4.79 Å². The van der Waals surface area contributed by atoms with Crippen LogP contribution >= 0.6 is 11.6 Å². The molecule has 1 N–H and O–H groups in total. The van der Waals surface area contributed by atoms with Crippen LogP contribution in [0.2, 0.25) is 0 Å². The summed E-state index contributed by atoms with van der Waals surface area (Å²) in [6.45, 7) is 1.99. The highest BCUT2D eigenvalue weighted by Crippen LogP contribution is 2.16. The number of carbonyl (C=O) groups excluding carboxylic acids is 1. The van der Waals surface area contributed by atoms with E-state index >= 15 is 0 Å². The first-order valence-corrected chi connectivity index (χ1v) is 6.96. The molecule has 0 saturated heterocycles. The number of rotatable bonds is 5. The van der Waals surface area contributed by atoms with Gasteiger partial charge in [0.05, 0.1) is 11.1 Å². The quantitative estimate of drug-likeness (QED) is 0.851. The molecule has 2 rings (SSSR count). The number of fused-ring (bicyclic) bond motifs is 1. The Hall–Kier alpha value is -1.61. The fraction of sp³-hybridized carbons (Fsp3) is 0.333. The summed E-state index contributed by atoms with van der Waals surface area (Å²) in [6, 6.07) is 9.53. The van der Waals surface area contributed by atoms with Crippen molar-refractivity contribution in [3.8, 4) is 0 Å². The molecule has 1 amide bonds. The fourth-order valence-corrected chi connectivity index (χ4v) is 2.21. The molecule has 0 radical (unpaired) electrons. The standard InChI is InChI=1S/C15H17ClN2O/c1-11(5-4-9-16)18-15(19)13-8-10-17-14-7-3-2-6-12(13)14/h2-3,6-8,10-11H,4-5,9H2,1H3,(H,18,19).